The van der Waals surface area contributed by atoms with Gasteiger partial charge in [0.1, 0.15) is 0 Å². The van der Waals surface area contributed by atoms with Gasteiger partial charge < -0.3 is 0 Å². The first-order valence-electron chi connectivity index (χ1n) is 15.4. The fraction of sp³-hybridized carbons (Fsp3) is 0.857. The second-order valence-corrected chi connectivity index (χ2v) is 44.3. The SMILES string of the molecule is CCCCN(CC)C(=S)S[Te](SC(=S)N(CC)CCCC)(SC(=S)N(CC)CCCC)SC(=S)N(CC)CCCC. The Hall–Kier alpha value is 1.75. The Labute approximate surface area is 290 Å². The van der Waals surface area contributed by atoms with E-state index in [1.165, 1.54) is 0 Å². The van der Waals surface area contributed by atoms with Crippen molar-refractivity contribution in [1.82, 2.24) is 19.6 Å². The number of nitrogens with zero attached hydrogens (tertiary/aromatic N) is 4. The van der Waals surface area contributed by atoms with Crippen LogP contribution < -0.4 is 0 Å². The van der Waals surface area contributed by atoms with E-state index in [0.29, 0.717) is 0 Å². The molecule has 0 aliphatic rings. The fourth-order valence-electron chi connectivity index (χ4n) is 3.57. The first-order chi connectivity index (χ1) is 19.6. The van der Waals surface area contributed by atoms with Gasteiger partial charge in [0.2, 0.25) is 0 Å². The van der Waals surface area contributed by atoms with Crippen LogP contribution in [-0.2, 0) is 0 Å². The van der Waals surface area contributed by atoms with Crippen LogP contribution in [0.5, 0.6) is 0 Å². The molecule has 0 rings (SSSR count). The minimum atomic E-state index is -3.33. The van der Waals surface area contributed by atoms with Gasteiger partial charge in [0, 0.05) is 0 Å². The van der Waals surface area contributed by atoms with Crippen LogP contribution in [0.2, 0.25) is 0 Å². The van der Waals surface area contributed by atoms with Crippen LogP contribution in [0.25, 0.3) is 0 Å². The van der Waals surface area contributed by atoms with Crippen molar-refractivity contribution in [1.29, 1.82) is 0 Å². The van der Waals surface area contributed by atoms with Crippen molar-refractivity contribution in [3.8, 4) is 0 Å². The third-order valence-corrected chi connectivity index (χ3v) is 43.6. The molecule has 41 heavy (non-hydrogen) atoms. The van der Waals surface area contributed by atoms with Crippen LogP contribution in [-0.4, -0.2) is 102 Å². The molecule has 0 bridgehead atoms. The minimum absolute atomic E-state index is 0.913. The Bertz CT molecular complexity index is 648. The summed E-state index contributed by atoms with van der Waals surface area (Å²) in [5.41, 5.74) is 0. The van der Waals surface area contributed by atoms with E-state index in [1.54, 1.807) is 0 Å². The van der Waals surface area contributed by atoms with E-state index in [1.807, 2.05) is 36.0 Å². The maximum atomic E-state index is 6.21. The van der Waals surface area contributed by atoms with Gasteiger partial charge >= 0.3 is 294 Å². The molecule has 4 nitrogen and oxygen atoms in total. The number of hydrogen-bond donors (Lipinski definition) is 0. The normalized spacial score (nSPS) is 11.7. The Morgan fingerprint density at radius 1 is 0.415 bits per heavy atom. The van der Waals surface area contributed by atoms with Gasteiger partial charge in [-0.25, -0.2) is 0 Å². The predicted octanol–water partition coefficient (Wildman–Crippen LogP) is 9.98. The fourth-order valence-corrected chi connectivity index (χ4v) is 56.3. The summed E-state index contributed by atoms with van der Waals surface area (Å²) in [6, 6.07) is 0. The summed E-state index contributed by atoms with van der Waals surface area (Å²) >= 11 is 21.5. The molecule has 0 spiro atoms. The van der Waals surface area contributed by atoms with E-state index < -0.39 is 12.7 Å². The Balaban J connectivity index is 6.69. The van der Waals surface area contributed by atoms with E-state index in [0.717, 1.165) is 121 Å². The summed E-state index contributed by atoms with van der Waals surface area (Å²) < 4.78 is 3.92. The van der Waals surface area contributed by atoms with Gasteiger partial charge in [-0.1, -0.05) is 0 Å². The molecule has 0 aliphatic heterocycles. The summed E-state index contributed by atoms with van der Waals surface area (Å²) in [6.45, 7) is 25.4. The third-order valence-electron chi connectivity index (χ3n) is 6.38. The number of thiocarbonyl (C=S) groups is 4. The van der Waals surface area contributed by atoms with Crippen LogP contribution in [0.15, 0.2) is 0 Å². The molecule has 0 amide bonds. The van der Waals surface area contributed by atoms with Crippen molar-refractivity contribution in [2.24, 2.45) is 0 Å². The van der Waals surface area contributed by atoms with E-state index in [-0.39, 0.29) is 0 Å². The van der Waals surface area contributed by atoms with Gasteiger partial charge in [-0.2, -0.15) is 0 Å². The molecule has 0 saturated carbocycles. The Morgan fingerprint density at radius 3 is 0.756 bits per heavy atom. The molecule has 0 aromatic carbocycles. The zero-order valence-corrected chi connectivity index (χ0v) is 35.6. The predicted molar refractivity (Wildman–Crippen MR) is 215 cm³/mol. The monoisotopic (exact) mass is 834 g/mol. The molecule has 0 aliphatic carbocycles. The van der Waals surface area contributed by atoms with Crippen LogP contribution in [0.3, 0.4) is 0 Å². The quantitative estimate of drug-likeness (QED) is 0.0857. The van der Waals surface area contributed by atoms with Crippen LogP contribution in [0.1, 0.15) is 107 Å². The molecule has 0 saturated heterocycles. The summed E-state index contributed by atoms with van der Waals surface area (Å²) in [6.07, 6.45) is 9.17. The third kappa shape index (κ3) is 17.3. The van der Waals surface area contributed by atoms with Crippen molar-refractivity contribution in [2.75, 3.05) is 52.4 Å². The molecular weight excluding hydrogens is 776 g/mol. The zero-order chi connectivity index (χ0) is 31.3. The Kier molecular flexibility index (Phi) is 27.0. The average molecular weight is 833 g/mol. The zero-order valence-electron chi connectivity index (χ0n) is 26.8. The molecule has 0 aromatic heterocycles. The van der Waals surface area contributed by atoms with Gasteiger partial charge in [-0.05, 0) is 0 Å². The molecule has 242 valence electrons. The van der Waals surface area contributed by atoms with Gasteiger partial charge in [-0.3, -0.25) is 0 Å². The molecular formula is C28H56N4S8Te. The first-order valence-corrected chi connectivity index (χ1v) is 31.4. The van der Waals surface area contributed by atoms with E-state index in [9.17, 15) is 0 Å². The second kappa shape index (κ2) is 25.9. The van der Waals surface area contributed by atoms with Crippen LogP contribution in [0, 0.1) is 0 Å². The van der Waals surface area contributed by atoms with Crippen LogP contribution in [0.4, 0.5) is 0 Å². The maximum absolute atomic E-state index is 6.21. The van der Waals surface area contributed by atoms with Crippen molar-refractivity contribution >= 4 is 115 Å². The second-order valence-electron chi connectivity index (χ2n) is 9.54. The van der Waals surface area contributed by atoms with Crippen molar-refractivity contribution in [3.63, 3.8) is 0 Å². The summed E-state index contributed by atoms with van der Waals surface area (Å²) in [5, 5.41) is 0. The van der Waals surface area contributed by atoms with Gasteiger partial charge in [0.05, 0.1) is 0 Å². The van der Waals surface area contributed by atoms with Crippen molar-refractivity contribution in [3.05, 3.63) is 0 Å². The molecule has 0 atom stereocenters. The van der Waals surface area contributed by atoms with Gasteiger partial charge in [-0.15, -0.1) is 0 Å². The molecule has 13 heteroatoms. The molecule has 0 heterocycles. The Morgan fingerprint density at radius 2 is 0.610 bits per heavy atom. The summed E-state index contributed by atoms with van der Waals surface area (Å²) in [4.78, 5) is 9.50. The van der Waals surface area contributed by atoms with E-state index >= 15 is 0 Å². The van der Waals surface area contributed by atoms with Crippen molar-refractivity contribution in [2.45, 2.75) is 107 Å². The van der Waals surface area contributed by atoms with E-state index in [2.05, 4.69) is 75.0 Å². The molecule has 0 unspecified atom stereocenters. The topological polar surface area (TPSA) is 13.0 Å². The average Bonchev–Trinajstić information content (AvgIpc) is 2.94. The molecule has 0 aromatic rings. The van der Waals surface area contributed by atoms with Crippen LogP contribution >= 0.6 is 84.8 Å². The molecule has 0 radical (unpaired) electrons. The summed E-state index contributed by atoms with van der Waals surface area (Å²) in [7, 11) is 7.64. The number of hydrogen-bond acceptors (Lipinski definition) is 8. The first kappa shape index (κ1) is 42.7. The summed E-state index contributed by atoms with van der Waals surface area (Å²) in [5.74, 6) is 0. The number of rotatable bonds is 20. The number of unbranched alkanes of at least 4 members (excludes halogenated alkanes) is 4. The molecule has 0 fully saturated rings. The van der Waals surface area contributed by atoms with Crippen molar-refractivity contribution < 1.29 is 0 Å². The van der Waals surface area contributed by atoms with Gasteiger partial charge in [0.15, 0.2) is 0 Å². The van der Waals surface area contributed by atoms with E-state index in [4.69, 9.17) is 48.9 Å². The standard InChI is InChI=1S/C28H56N4S8Te/c1-9-17-21-29(13-5)25(33)37-41(38-26(34)30(14-6)22-18-10-2,39-27(35)31(15-7)23-19-11-3)40-28(36)32(16-8)24-20-12-4/h9-24H2,1-8H3. The molecule has 0 N–H and O–H groups in total. The van der Waals surface area contributed by atoms with Gasteiger partial charge in [0.25, 0.3) is 0 Å².